The fraction of sp³-hybridized carbons (Fsp3) is 0.824. The Bertz CT molecular complexity index is 489. The number of methoxy groups -OCH3 is 1. The summed E-state index contributed by atoms with van der Waals surface area (Å²) in [4.78, 5) is 19.2. The number of carbonyl (C=O) groups is 1. The smallest absolute Gasteiger partial charge is 0.237 e. The Balaban J connectivity index is 1.70. The minimum absolute atomic E-state index is 0.0378. The fourth-order valence-corrected chi connectivity index (χ4v) is 3.42. The zero-order chi connectivity index (χ0) is 17.4. The number of carbonyl (C=O) groups excluding carboxylic acids is 1. The van der Waals surface area contributed by atoms with Crippen molar-refractivity contribution in [1.29, 1.82) is 5.26 Å². The number of hydrogen-bond donors (Lipinski definition) is 1. The normalized spacial score (nSPS) is 27.3. The molecule has 2 aliphatic rings. The van der Waals surface area contributed by atoms with Crippen LogP contribution >= 0.6 is 0 Å². The van der Waals surface area contributed by atoms with E-state index in [0.717, 1.165) is 37.8 Å². The maximum Gasteiger partial charge on any atom is 0.237 e. The highest BCUT2D eigenvalue weighted by Gasteiger charge is 2.30. The van der Waals surface area contributed by atoms with Crippen molar-refractivity contribution in [2.24, 2.45) is 11.1 Å². The number of hydrogen-bond acceptors (Lipinski definition) is 6. The third-order valence-corrected chi connectivity index (χ3v) is 4.87. The largest absolute Gasteiger partial charge is 0.393 e. The number of ether oxygens (including phenoxy) is 1. The molecule has 2 rings (SSSR count). The molecule has 0 bridgehead atoms. The Hall–Kier alpha value is -1.65. The molecule has 0 aromatic rings. The van der Waals surface area contributed by atoms with Crippen LogP contribution in [-0.2, 0) is 14.4 Å². The zero-order valence-corrected chi connectivity index (χ0v) is 14.7. The number of rotatable bonds is 8. The molecule has 7 heteroatoms. The third-order valence-electron chi connectivity index (χ3n) is 4.87. The van der Waals surface area contributed by atoms with Crippen LogP contribution in [0.15, 0.2) is 5.16 Å². The molecule has 1 N–H and O–H groups in total. The van der Waals surface area contributed by atoms with Gasteiger partial charge in [0.05, 0.1) is 24.9 Å². The van der Waals surface area contributed by atoms with Crippen molar-refractivity contribution in [3.8, 4) is 6.07 Å². The fourth-order valence-electron chi connectivity index (χ4n) is 3.42. The van der Waals surface area contributed by atoms with Gasteiger partial charge in [-0.15, -0.1) is 0 Å². The predicted molar refractivity (Wildman–Crippen MR) is 90.4 cm³/mol. The lowest BCUT2D eigenvalue weighted by Gasteiger charge is -2.21. The van der Waals surface area contributed by atoms with Crippen molar-refractivity contribution < 1.29 is 14.4 Å². The molecule has 1 aliphatic heterocycles. The van der Waals surface area contributed by atoms with Crippen LogP contribution in [0.5, 0.6) is 0 Å². The second-order valence-electron chi connectivity index (χ2n) is 6.52. The van der Waals surface area contributed by atoms with Gasteiger partial charge in [0.1, 0.15) is 12.6 Å². The van der Waals surface area contributed by atoms with Crippen molar-refractivity contribution in [3.05, 3.63) is 0 Å². The molecule has 2 fully saturated rings. The lowest BCUT2D eigenvalue weighted by atomic mass is 10.0. The van der Waals surface area contributed by atoms with E-state index in [-0.39, 0.29) is 11.9 Å². The van der Waals surface area contributed by atoms with Crippen LogP contribution < -0.4 is 5.32 Å². The predicted octanol–water partition coefficient (Wildman–Crippen LogP) is 1.30. The average molecular weight is 336 g/mol. The number of amides is 1. The molecule has 7 nitrogen and oxygen atoms in total. The first-order chi connectivity index (χ1) is 11.7. The Labute approximate surface area is 144 Å². The maximum absolute atomic E-state index is 12.2. The molecule has 1 amide bonds. The van der Waals surface area contributed by atoms with Gasteiger partial charge < -0.3 is 19.8 Å². The van der Waals surface area contributed by atoms with E-state index in [1.54, 1.807) is 12.0 Å². The number of likely N-dealkylation sites (tertiary alicyclic amines) is 1. The van der Waals surface area contributed by atoms with Crippen LogP contribution in [0.2, 0.25) is 0 Å². The van der Waals surface area contributed by atoms with Gasteiger partial charge in [-0.2, -0.15) is 5.26 Å². The minimum atomic E-state index is -0.241. The molecule has 0 aromatic heterocycles. The number of oxime groups is 1. The summed E-state index contributed by atoms with van der Waals surface area (Å²) >= 11 is 0. The summed E-state index contributed by atoms with van der Waals surface area (Å²) in [5, 5.41) is 16.6. The van der Waals surface area contributed by atoms with E-state index < -0.39 is 0 Å². The van der Waals surface area contributed by atoms with Crippen molar-refractivity contribution in [3.63, 3.8) is 0 Å². The maximum atomic E-state index is 12.2. The van der Waals surface area contributed by atoms with Crippen molar-refractivity contribution in [2.75, 3.05) is 33.4 Å². The van der Waals surface area contributed by atoms with Gasteiger partial charge in [0.15, 0.2) is 0 Å². The van der Waals surface area contributed by atoms with E-state index in [1.165, 1.54) is 0 Å². The average Bonchev–Trinajstić information content (AvgIpc) is 3.25. The summed E-state index contributed by atoms with van der Waals surface area (Å²) in [6, 6.07) is 2.30. The molecular weight excluding hydrogens is 308 g/mol. The van der Waals surface area contributed by atoms with Crippen molar-refractivity contribution in [1.82, 2.24) is 10.2 Å². The molecule has 134 valence electrons. The van der Waals surface area contributed by atoms with Gasteiger partial charge in [-0.25, -0.2) is 0 Å². The van der Waals surface area contributed by atoms with Crippen LogP contribution in [0.4, 0.5) is 0 Å². The van der Waals surface area contributed by atoms with Gasteiger partial charge in [0.25, 0.3) is 0 Å². The molecule has 1 aliphatic carbocycles. The standard InChI is InChI=1S/C17H28N4O3/c1-13(20-24-9-8-23-2)14-5-6-15(10-14)19-12-17(22)21-7-3-4-16(21)11-18/h14-16,19H,3-10,12H2,1-2H3/b20-13+/t14-,15+,16-/m0/s1. The van der Waals surface area contributed by atoms with Crippen molar-refractivity contribution in [2.45, 2.75) is 51.1 Å². The summed E-state index contributed by atoms with van der Waals surface area (Å²) < 4.78 is 4.92. The molecule has 24 heavy (non-hydrogen) atoms. The lowest BCUT2D eigenvalue weighted by Crippen LogP contribution is -2.43. The third kappa shape index (κ3) is 5.18. The molecule has 0 unspecified atom stereocenters. The molecular formula is C17H28N4O3. The van der Waals surface area contributed by atoms with E-state index in [4.69, 9.17) is 14.8 Å². The quantitative estimate of drug-likeness (QED) is 0.410. The molecule has 1 saturated carbocycles. The minimum Gasteiger partial charge on any atom is -0.393 e. The van der Waals surface area contributed by atoms with E-state index in [1.807, 2.05) is 6.92 Å². The monoisotopic (exact) mass is 336 g/mol. The number of nitrogens with one attached hydrogen (secondary N) is 1. The second-order valence-corrected chi connectivity index (χ2v) is 6.52. The van der Waals surface area contributed by atoms with Gasteiger partial charge in [-0.05, 0) is 39.0 Å². The molecule has 0 radical (unpaired) electrons. The lowest BCUT2D eigenvalue weighted by molar-refractivity contribution is -0.130. The Morgan fingerprint density at radius 2 is 2.21 bits per heavy atom. The van der Waals surface area contributed by atoms with Gasteiger partial charge in [0, 0.05) is 25.6 Å². The highest BCUT2D eigenvalue weighted by Crippen LogP contribution is 2.27. The van der Waals surface area contributed by atoms with E-state index in [0.29, 0.717) is 38.3 Å². The molecule has 0 spiro atoms. The van der Waals surface area contributed by atoms with E-state index in [9.17, 15) is 4.79 Å². The van der Waals surface area contributed by atoms with Crippen LogP contribution in [0.25, 0.3) is 0 Å². The first kappa shape index (κ1) is 18.7. The second kappa shape index (κ2) is 9.60. The Kier molecular flexibility index (Phi) is 7.47. The SMILES string of the molecule is COCCO/N=C(\C)[C@H]1CC[C@@H](NCC(=O)N2CCC[C@H]2C#N)C1. The molecule has 3 atom stereocenters. The van der Waals surface area contributed by atoms with Gasteiger partial charge >= 0.3 is 0 Å². The summed E-state index contributed by atoms with van der Waals surface area (Å²) in [6.45, 7) is 4.01. The number of nitriles is 1. The van der Waals surface area contributed by atoms with Gasteiger partial charge in [0.2, 0.25) is 5.91 Å². The summed E-state index contributed by atoms with van der Waals surface area (Å²) in [6.07, 6.45) is 4.78. The Morgan fingerprint density at radius 1 is 1.38 bits per heavy atom. The van der Waals surface area contributed by atoms with Crippen LogP contribution in [-0.4, -0.2) is 62.0 Å². The first-order valence-corrected chi connectivity index (χ1v) is 8.73. The van der Waals surface area contributed by atoms with E-state index >= 15 is 0 Å². The summed E-state index contributed by atoms with van der Waals surface area (Å²) in [7, 11) is 1.63. The summed E-state index contributed by atoms with van der Waals surface area (Å²) in [5.74, 6) is 0.439. The van der Waals surface area contributed by atoms with Gasteiger partial charge in [-0.3, -0.25) is 4.79 Å². The Morgan fingerprint density at radius 3 is 2.96 bits per heavy atom. The molecule has 1 saturated heterocycles. The topological polar surface area (TPSA) is 87.0 Å². The summed E-state index contributed by atoms with van der Waals surface area (Å²) in [5.41, 5.74) is 1.01. The highest BCUT2D eigenvalue weighted by atomic mass is 16.6. The molecule has 1 heterocycles. The van der Waals surface area contributed by atoms with E-state index in [2.05, 4.69) is 16.5 Å². The van der Waals surface area contributed by atoms with Gasteiger partial charge in [-0.1, -0.05) is 5.16 Å². The number of nitrogens with zero attached hydrogens (tertiary/aromatic N) is 3. The molecule has 0 aromatic carbocycles. The van der Waals surface area contributed by atoms with Crippen LogP contribution in [0, 0.1) is 17.2 Å². The first-order valence-electron chi connectivity index (χ1n) is 8.73. The highest BCUT2D eigenvalue weighted by molar-refractivity contribution is 5.84. The van der Waals surface area contributed by atoms with Crippen LogP contribution in [0.3, 0.4) is 0 Å². The van der Waals surface area contributed by atoms with Crippen LogP contribution in [0.1, 0.15) is 39.0 Å². The zero-order valence-electron chi connectivity index (χ0n) is 14.7. The van der Waals surface area contributed by atoms with Crippen molar-refractivity contribution >= 4 is 11.6 Å².